The van der Waals surface area contributed by atoms with Crippen LogP contribution in [-0.2, 0) is 26.4 Å². The van der Waals surface area contributed by atoms with Gasteiger partial charge in [0.25, 0.3) is 0 Å². The molecule has 2 aliphatic carbocycles. The fraction of sp³-hybridized carbons (Fsp3) is 0.500. The Morgan fingerprint density at radius 2 is 1.69 bits per heavy atom. The summed E-state index contributed by atoms with van der Waals surface area (Å²) < 4.78 is 2.01. The van der Waals surface area contributed by atoms with Crippen LogP contribution in [0.3, 0.4) is 0 Å². The first-order valence-electron chi connectivity index (χ1n) is 9.79. The Hall–Kier alpha value is -0.717. The fourth-order valence-electron chi connectivity index (χ4n) is 4.96. The second-order valence-electron chi connectivity index (χ2n) is 8.68. The molecule has 1 aromatic rings. The van der Waals surface area contributed by atoms with E-state index in [0.717, 1.165) is 0 Å². The van der Waals surface area contributed by atoms with E-state index < -0.39 is 23.2 Å². The van der Waals surface area contributed by atoms with Crippen molar-refractivity contribution in [2.75, 3.05) is 14.1 Å². The molecule has 0 saturated carbocycles. The maximum atomic E-state index is 2.58. The first-order chi connectivity index (χ1) is 12.2. The Labute approximate surface area is 171 Å². The van der Waals surface area contributed by atoms with E-state index in [4.69, 9.17) is 0 Å². The van der Waals surface area contributed by atoms with Gasteiger partial charge in [0, 0.05) is 0 Å². The normalized spacial score (nSPS) is 25.3. The SMILES string of the molecule is CCC(N(C)C)[C]1([Zr][C]2=C(C)C(C)=C(C)C2(C)C)C=Cc2ccccc21. The van der Waals surface area contributed by atoms with Crippen molar-refractivity contribution < 1.29 is 23.2 Å². The predicted octanol–water partition coefficient (Wildman–Crippen LogP) is 5.98. The summed E-state index contributed by atoms with van der Waals surface area (Å²) in [4.78, 5) is 2.47. The zero-order valence-corrected chi connectivity index (χ0v) is 20.2. The number of benzene rings is 1. The quantitative estimate of drug-likeness (QED) is 0.559. The molecule has 138 valence electrons. The number of rotatable bonds is 5. The van der Waals surface area contributed by atoms with Crippen LogP contribution in [0.2, 0.25) is 0 Å². The molecule has 0 saturated heterocycles. The van der Waals surface area contributed by atoms with E-state index in [0.29, 0.717) is 6.04 Å². The van der Waals surface area contributed by atoms with Crippen LogP contribution in [0.25, 0.3) is 6.08 Å². The van der Waals surface area contributed by atoms with E-state index in [2.05, 4.69) is 97.0 Å². The number of nitrogens with zero attached hydrogens (tertiary/aromatic N) is 1. The molecule has 0 radical (unpaired) electrons. The van der Waals surface area contributed by atoms with Gasteiger partial charge in [0.1, 0.15) is 0 Å². The third kappa shape index (κ3) is 2.89. The molecule has 1 aromatic carbocycles. The maximum absolute atomic E-state index is 2.58. The van der Waals surface area contributed by atoms with Crippen molar-refractivity contribution in [3.63, 3.8) is 0 Å². The minimum absolute atomic E-state index is 0.219. The Morgan fingerprint density at radius 1 is 1.04 bits per heavy atom. The average Bonchev–Trinajstić information content (AvgIpc) is 3.03. The van der Waals surface area contributed by atoms with Gasteiger partial charge in [-0.25, -0.2) is 0 Å². The molecule has 0 aromatic heterocycles. The number of fused-ring (bicyclic) bond motifs is 1. The summed E-state index contributed by atoms with van der Waals surface area (Å²) >= 11 is -0.930. The first-order valence-corrected chi connectivity index (χ1v) is 12.3. The standard InChI is InChI=1S/C14H18N.C10H15.Zr/c1-4-14(15(2)3)13-10-9-11-7-5-6-8-12(11)13;1-7-6-10(4,5)9(3)8(7)2;/h5-10,14H,4H2,1-3H3;1-5H3;. The van der Waals surface area contributed by atoms with Gasteiger partial charge < -0.3 is 0 Å². The molecule has 0 fully saturated rings. The van der Waals surface area contributed by atoms with E-state index in [-0.39, 0.29) is 8.54 Å². The minimum atomic E-state index is -0.930. The molecule has 0 spiro atoms. The van der Waals surface area contributed by atoms with E-state index in [1.54, 1.807) is 20.0 Å². The molecule has 0 N–H and O–H groups in total. The van der Waals surface area contributed by atoms with Crippen molar-refractivity contribution >= 4 is 6.08 Å². The van der Waals surface area contributed by atoms with Crippen molar-refractivity contribution in [1.82, 2.24) is 4.90 Å². The summed E-state index contributed by atoms with van der Waals surface area (Å²) in [6, 6.07) is 9.67. The zero-order chi connectivity index (χ0) is 19.3. The van der Waals surface area contributed by atoms with Crippen molar-refractivity contribution in [3.05, 3.63) is 61.5 Å². The van der Waals surface area contributed by atoms with Crippen molar-refractivity contribution in [3.8, 4) is 0 Å². The summed E-state index contributed by atoms with van der Waals surface area (Å²) in [7, 11) is 4.53. The van der Waals surface area contributed by atoms with Gasteiger partial charge in [-0.3, -0.25) is 0 Å². The fourth-order valence-corrected chi connectivity index (χ4v) is 11.0. The number of hydrogen-bond acceptors (Lipinski definition) is 1. The number of likely N-dealkylation sites (N-methyl/N-ethyl adjacent to an activating group) is 1. The van der Waals surface area contributed by atoms with Gasteiger partial charge >= 0.3 is 172 Å². The van der Waals surface area contributed by atoms with Gasteiger partial charge in [-0.2, -0.15) is 0 Å². The summed E-state index contributed by atoms with van der Waals surface area (Å²) in [5.41, 5.74) is 7.94. The summed E-state index contributed by atoms with van der Waals surface area (Å²) in [5.74, 6) is 0. The van der Waals surface area contributed by atoms with E-state index in [1.807, 2.05) is 0 Å². The number of allylic oxidation sites excluding steroid dienone is 4. The van der Waals surface area contributed by atoms with Gasteiger partial charge in [-0.1, -0.05) is 0 Å². The van der Waals surface area contributed by atoms with Crippen molar-refractivity contribution in [2.24, 2.45) is 5.41 Å². The predicted molar refractivity (Wildman–Crippen MR) is 110 cm³/mol. The van der Waals surface area contributed by atoms with Crippen LogP contribution in [0.4, 0.5) is 0 Å². The Kier molecular flexibility index (Phi) is 5.41. The van der Waals surface area contributed by atoms with E-state index >= 15 is 0 Å². The van der Waals surface area contributed by atoms with E-state index in [1.165, 1.54) is 17.6 Å². The molecule has 1 nitrogen and oxygen atoms in total. The Bertz CT molecular complexity index is 809. The molecule has 2 heteroatoms. The molecule has 2 aliphatic rings. The molecular weight excluding hydrogens is 393 g/mol. The topological polar surface area (TPSA) is 3.24 Å². The second kappa shape index (κ2) is 7.03. The average molecular weight is 427 g/mol. The van der Waals surface area contributed by atoms with Crippen LogP contribution in [0.5, 0.6) is 0 Å². The molecule has 0 bridgehead atoms. The van der Waals surface area contributed by atoms with Gasteiger partial charge in [-0.05, 0) is 0 Å². The third-order valence-corrected chi connectivity index (χ3v) is 12.8. The second-order valence-corrected chi connectivity index (χ2v) is 12.6. The van der Waals surface area contributed by atoms with Crippen molar-refractivity contribution in [2.45, 2.75) is 57.1 Å². The monoisotopic (exact) mass is 425 g/mol. The first kappa shape index (κ1) is 20.0. The number of hydrogen-bond donors (Lipinski definition) is 0. The molecule has 2 atom stereocenters. The van der Waals surface area contributed by atoms with Crippen LogP contribution in [0.15, 0.2) is 50.3 Å². The molecular formula is C24H33NZr. The molecule has 0 aliphatic heterocycles. The zero-order valence-electron chi connectivity index (χ0n) is 17.7. The van der Waals surface area contributed by atoms with Gasteiger partial charge in [0.2, 0.25) is 0 Å². The summed E-state index contributed by atoms with van der Waals surface area (Å²) in [6.45, 7) is 14.3. The van der Waals surface area contributed by atoms with Crippen LogP contribution < -0.4 is 0 Å². The van der Waals surface area contributed by atoms with Crippen LogP contribution >= 0.6 is 0 Å². The van der Waals surface area contributed by atoms with Gasteiger partial charge in [0.05, 0.1) is 0 Å². The Morgan fingerprint density at radius 3 is 2.23 bits per heavy atom. The molecule has 2 unspecified atom stereocenters. The summed E-state index contributed by atoms with van der Waals surface area (Å²) in [6.07, 6.45) is 6.16. The molecule has 0 heterocycles. The van der Waals surface area contributed by atoms with Gasteiger partial charge in [0.15, 0.2) is 0 Å². The van der Waals surface area contributed by atoms with Crippen LogP contribution in [-0.4, -0.2) is 25.0 Å². The van der Waals surface area contributed by atoms with E-state index in [9.17, 15) is 0 Å². The molecule has 0 amide bonds. The van der Waals surface area contributed by atoms with Crippen LogP contribution in [0, 0.1) is 5.41 Å². The third-order valence-electron chi connectivity index (χ3n) is 6.86. The summed E-state index contributed by atoms with van der Waals surface area (Å²) in [5, 5.41) is 0. The van der Waals surface area contributed by atoms with Crippen LogP contribution in [0.1, 0.15) is 59.1 Å². The molecule has 3 rings (SSSR count). The molecule has 26 heavy (non-hydrogen) atoms. The Balaban J connectivity index is 2.16. The van der Waals surface area contributed by atoms with Gasteiger partial charge in [-0.15, -0.1) is 0 Å². The van der Waals surface area contributed by atoms with Crippen molar-refractivity contribution in [1.29, 1.82) is 0 Å².